The summed E-state index contributed by atoms with van der Waals surface area (Å²) in [5, 5.41) is 0.453. The Morgan fingerprint density at radius 3 is 2.68 bits per heavy atom. The highest BCUT2D eigenvalue weighted by molar-refractivity contribution is 6.31. The molecule has 0 spiro atoms. The van der Waals surface area contributed by atoms with E-state index in [1.54, 1.807) is 23.2 Å². The number of hydrogen-bond donors (Lipinski definition) is 0. The summed E-state index contributed by atoms with van der Waals surface area (Å²) in [7, 11) is 1.59. The number of benzene rings is 1. The fourth-order valence-electron chi connectivity index (χ4n) is 5.23. The molecule has 7 heteroatoms. The number of aromatic nitrogens is 3. The van der Waals surface area contributed by atoms with Gasteiger partial charge in [0.25, 0.3) is 0 Å². The molecule has 3 heterocycles. The molecule has 2 aliphatic rings. The Balaban J connectivity index is 1.39. The van der Waals surface area contributed by atoms with E-state index in [2.05, 4.69) is 28.1 Å². The molecule has 2 aromatic heterocycles. The number of likely N-dealkylation sites (tertiary alicyclic amines) is 1. The van der Waals surface area contributed by atoms with Crippen LogP contribution in [0.1, 0.15) is 48.4 Å². The Morgan fingerprint density at radius 2 is 1.87 bits per heavy atom. The van der Waals surface area contributed by atoms with Gasteiger partial charge in [0.15, 0.2) is 5.65 Å². The van der Waals surface area contributed by atoms with E-state index in [4.69, 9.17) is 11.6 Å². The first-order valence-corrected chi connectivity index (χ1v) is 11.5. The Labute approximate surface area is 186 Å². The second kappa shape index (κ2) is 8.24. The highest BCUT2D eigenvalue weighted by Crippen LogP contribution is 2.28. The zero-order valence-corrected chi connectivity index (χ0v) is 18.6. The summed E-state index contributed by atoms with van der Waals surface area (Å²) in [5.41, 5.74) is 4.60. The third-order valence-electron chi connectivity index (χ3n) is 6.92. The largest absolute Gasteiger partial charge is 0.318 e. The summed E-state index contributed by atoms with van der Waals surface area (Å²) in [6.07, 6.45) is 8.13. The summed E-state index contributed by atoms with van der Waals surface area (Å²) < 4.78 is 2.95. The van der Waals surface area contributed by atoms with Gasteiger partial charge in [0.05, 0.1) is 10.5 Å². The maximum absolute atomic E-state index is 12.9. The van der Waals surface area contributed by atoms with Crippen molar-refractivity contribution < 1.29 is 0 Å². The van der Waals surface area contributed by atoms with Crippen molar-refractivity contribution in [3.8, 4) is 0 Å². The van der Waals surface area contributed by atoms with Crippen LogP contribution in [0.2, 0.25) is 5.02 Å². The number of fused-ring (bicyclic) bond motifs is 2. The topological polar surface area (TPSA) is 60.1 Å². The second-order valence-electron chi connectivity index (χ2n) is 8.80. The molecule has 0 amide bonds. The Morgan fingerprint density at radius 1 is 1.10 bits per heavy atom. The van der Waals surface area contributed by atoms with Gasteiger partial charge in [-0.2, -0.15) is 0 Å². The van der Waals surface area contributed by atoms with Crippen LogP contribution in [-0.2, 0) is 26.4 Å². The van der Waals surface area contributed by atoms with Crippen LogP contribution in [0.5, 0.6) is 0 Å². The van der Waals surface area contributed by atoms with E-state index >= 15 is 0 Å². The minimum atomic E-state index is -0.532. The first kappa shape index (κ1) is 20.5. The number of pyridine rings is 1. The SMILES string of the molecule is Cn1c(=O)c(=O)n(C2CCN(Cc3cccc4c3CCCC4)CC2)c2ncc(Cl)cc21. The molecule has 1 saturated heterocycles. The Bertz CT molecular complexity index is 1250. The summed E-state index contributed by atoms with van der Waals surface area (Å²) in [4.78, 5) is 32.3. The molecule has 5 rings (SSSR count). The summed E-state index contributed by atoms with van der Waals surface area (Å²) in [5.74, 6) is 0. The molecule has 0 saturated carbocycles. The quantitative estimate of drug-likeness (QED) is 0.587. The molecular weight excluding hydrogens is 412 g/mol. The maximum atomic E-state index is 12.9. The molecule has 1 aromatic carbocycles. The average molecular weight is 439 g/mol. The molecule has 3 aromatic rings. The van der Waals surface area contributed by atoms with E-state index < -0.39 is 11.1 Å². The first-order valence-electron chi connectivity index (χ1n) is 11.1. The lowest BCUT2D eigenvalue weighted by Crippen LogP contribution is -2.45. The fourth-order valence-corrected chi connectivity index (χ4v) is 5.38. The summed E-state index contributed by atoms with van der Waals surface area (Å²) in [6, 6.07) is 8.40. The van der Waals surface area contributed by atoms with Gasteiger partial charge in [-0.25, -0.2) is 4.98 Å². The average Bonchev–Trinajstić information content (AvgIpc) is 2.79. The summed E-state index contributed by atoms with van der Waals surface area (Å²) >= 11 is 6.10. The lowest BCUT2D eigenvalue weighted by molar-refractivity contribution is 0.178. The van der Waals surface area contributed by atoms with Gasteiger partial charge in [0.1, 0.15) is 0 Å². The molecular formula is C24H27ClN4O2. The third kappa shape index (κ3) is 3.72. The Hall–Kier alpha value is -2.44. The van der Waals surface area contributed by atoms with Crippen LogP contribution in [-0.4, -0.2) is 32.1 Å². The lowest BCUT2D eigenvalue weighted by Gasteiger charge is -2.34. The first-order chi connectivity index (χ1) is 15.0. The highest BCUT2D eigenvalue weighted by atomic mass is 35.5. The van der Waals surface area contributed by atoms with E-state index in [1.807, 2.05) is 0 Å². The van der Waals surface area contributed by atoms with Crippen LogP contribution in [0, 0.1) is 0 Å². The highest BCUT2D eigenvalue weighted by Gasteiger charge is 2.26. The normalized spacial score (nSPS) is 17.7. The number of aryl methyl sites for hydroxylation is 2. The number of piperidine rings is 1. The zero-order chi connectivity index (χ0) is 21.5. The van der Waals surface area contributed by atoms with Gasteiger partial charge in [-0.05, 0) is 61.3 Å². The van der Waals surface area contributed by atoms with Crippen molar-refractivity contribution in [3.63, 3.8) is 0 Å². The monoisotopic (exact) mass is 438 g/mol. The van der Waals surface area contributed by atoms with Crippen LogP contribution >= 0.6 is 11.6 Å². The molecule has 0 unspecified atom stereocenters. The van der Waals surface area contributed by atoms with E-state index in [-0.39, 0.29) is 6.04 Å². The van der Waals surface area contributed by atoms with Crippen molar-refractivity contribution in [1.82, 2.24) is 19.0 Å². The van der Waals surface area contributed by atoms with Crippen LogP contribution in [0.15, 0.2) is 40.1 Å². The molecule has 0 atom stereocenters. The van der Waals surface area contributed by atoms with Crippen molar-refractivity contribution in [3.05, 3.63) is 72.9 Å². The maximum Gasteiger partial charge on any atom is 0.318 e. The predicted octanol–water partition coefficient (Wildman–Crippen LogP) is 3.46. The minimum absolute atomic E-state index is 0.0292. The second-order valence-corrected chi connectivity index (χ2v) is 9.24. The van der Waals surface area contributed by atoms with Crippen molar-refractivity contribution in [1.29, 1.82) is 0 Å². The Kier molecular flexibility index (Phi) is 5.44. The van der Waals surface area contributed by atoms with Crippen LogP contribution < -0.4 is 11.1 Å². The molecule has 0 bridgehead atoms. The number of nitrogens with zero attached hydrogens (tertiary/aromatic N) is 4. The van der Waals surface area contributed by atoms with Gasteiger partial charge in [0, 0.05) is 38.9 Å². The van der Waals surface area contributed by atoms with Crippen molar-refractivity contribution in [2.24, 2.45) is 7.05 Å². The molecule has 0 radical (unpaired) electrons. The lowest BCUT2D eigenvalue weighted by atomic mass is 9.88. The van der Waals surface area contributed by atoms with Crippen molar-refractivity contribution in [2.75, 3.05) is 13.1 Å². The van der Waals surface area contributed by atoms with Gasteiger partial charge in [-0.1, -0.05) is 29.8 Å². The number of rotatable bonds is 3. The van der Waals surface area contributed by atoms with Gasteiger partial charge < -0.3 is 4.57 Å². The van der Waals surface area contributed by atoms with E-state index in [0.29, 0.717) is 16.2 Å². The molecule has 1 aliphatic carbocycles. The molecule has 6 nitrogen and oxygen atoms in total. The van der Waals surface area contributed by atoms with Gasteiger partial charge >= 0.3 is 11.1 Å². The van der Waals surface area contributed by atoms with Crippen LogP contribution in [0.25, 0.3) is 11.2 Å². The molecule has 0 N–H and O–H groups in total. The van der Waals surface area contributed by atoms with Crippen LogP contribution in [0.4, 0.5) is 0 Å². The smallest absolute Gasteiger partial charge is 0.304 e. The summed E-state index contributed by atoms with van der Waals surface area (Å²) in [6.45, 7) is 2.74. The van der Waals surface area contributed by atoms with Gasteiger partial charge in [-0.15, -0.1) is 0 Å². The number of hydrogen-bond acceptors (Lipinski definition) is 4. The molecule has 1 aliphatic heterocycles. The standard InChI is InChI=1S/C24H27ClN4O2/c1-27-21-13-18(25)14-26-22(21)29(24(31)23(27)30)19-9-11-28(12-10-19)15-17-7-4-6-16-5-2-3-8-20(16)17/h4,6-7,13-14,19H,2-3,5,8-12,15H2,1H3. The molecule has 162 valence electrons. The number of halogens is 1. The van der Waals surface area contributed by atoms with E-state index in [9.17, 15) is 9.59 Å². The zero-order valence-electron chi connectivity index (χ0n) is 17.8. The van der Waals surface area contributed by atoms with Gasteiger partial charge in [0.2, 0.25) is 0 Å². The predicted molar refractivity (Wildman–Crippen MR) is 123 cm³/mol. The molecule has 31 heavy (non-hydrogen) atoms. The van der Waals surface area contributed by atoms with Gasteiger partial charge in [-0.3, -0.25) is 19.1 Å². The fraction of sp³-hybridized carbons (Fsp3) is 0.458. The minimum Gasteiger partial charge on any atom is -0.304 e. The van der Waals surface area contributed by atoms with Crippen LogP contribution in [0.3, 0.4) is 0 Å². The van der Waals surface area contributed by atoms with Crippen molar-refractivity contribution in [2.45, 2.75) is 51.1 Å². The van der Waals surface area contributed by atoms with E-state index in [1.165, 1.54) is 47.6 Å². The van der Waals surface area contributed by atoms with Crippen molar-refractivity contribution >= 4 is 22.8 Å². The molecule has 1 fully saturated rings. The van der Waals surface area contributed by atoms with E-state index in [0.717, 1.165) is 32.5 Å². The third-order valence-corrected chi connectivity index (χ3v) is 7.13.